The van der Waals surface area contributed by atoms with Gasteiger partial charge in [-0.25, -0.2) is 9.78 Å². The lowest BCUT2D eigenvalue weighted by Gasteiger charge is -2.38. The number of nitrogens with one attached hydrogen (secondary N) is 4. The Morgan fingerprint density at radius 3 is 2.44 bits per heavy atom. The van der Waals surface area contributed by atoms with E-state index in [4.69, 9.17) is 17.3 Å². The van der Waals surface area contributed by atoms with Gasteiger partial charge >= 0.3 is 12.2 Å². The van der Waals surface area contributed by atoms with E-state index in [2.05, 4.69) is 30.8 Å². The molecule has 3 heterocycles. The first-order valence-electron chi connectivity index (χ1n) is 14.8. The summed E-state index contributed by atoms with van der Waals surface area (Å²) >= 11 is 6.43. The van der Waals surface area contributed by atoms with E-state index in [1.165, 1.54) is 24.4 Å². The van der Waals surface area contributed by atoms with Crippen molar-refractivity contribution in [3.8, 4) is 0 Å². The van der Waals surface area contributed by atoms with E-state index >= 15 is 0 Å². The van der Waals surface area contributed by atoms with E-state index in [-0.39, 0.29) is 52.4 Å². The molecule has 12 nitrogen and oxygen atoms in total. The summed E-state index contributed by atoms with van der Waals surface area (Å²) in [7, 11) is 0. The molecule has 0 spiro atoms. The number of nitrogens with zero attached hydrogens (tertiary/aromatic N) is 4. The van der Waals surface area contributed by atoms with Crippen molar-refractivity contribution in [3.05, 3.63) is 63.5 Å². The van der Waals surface area contributed by atoms with Gasteiger partial charge in [-0.15, -0.1) is 0 Å². The van der Waals surface area contributed by atoms with Crippen LogP contribution in [0.1, 0.15) is 69.3 Å². The number of carbonyl (C=O) groups is 3. The molecular formula is C29H33ClF3N9O3. The molecule has 1 aromatic carbocycles. The van der Waals surface area contributed by atoms with E-state index in [1.807, 2.05) is 0 Å². The third-order valence-electron chi connectivity index (χ3n) is 8.44. The zero-order valence-electron chi connectivity index (χ0n) is 24.2. The van der Waals surface area contributed by atoms with Gasteiger partial charge in [0.15, 0.2) is 11.5 Å². The predicted molar refractivity (Wildman–Crippen MR) is 158 cm³/mol. The summed E-state index contributed by atoms with van der Waals surface area (Å²) in [6.07, 6.45) is 0.553. The van der Waals surface area contributed by atoms with Crippen LogP contribution in [0.25, 0.3) is 0 Å². The third-order valence-corrected chi connectivity index (χ3v) is 8.75. The van der Waals surface area contributed by atoms with Gasteiger partial charge < -0.3 is 31.2 Å². The van der Waals surface area contributed by atoms with Crippen molar-refractivity contribution in [1.82, 2.24) is 35.3 Å². The van der Waals surface area contributed by atoms with Crippen molar-refractivity contribution >= 4 is 35.1 Å². The molecule has 0 unspecified atom stereocenters. The highest BCUT2D eigenvalue weighted by atomic mass is 35.5. The van der Waals surface area contributed by atoms with E-state index in [0.717, 1.165) is 25.7 Å². The van der Waals surface area contributed by atoms with Crippen LogP contribution >= 0.6 is 11.6 Å². The van der Waals surface area contributed by atoms with Crippen molar-refractivity contribution < 1.29 is 27.6 Å². The number of anilines is 1. The second-order valence-electron chi connectivity index (χ2n) is 11.9. The number of rotatable bonds is 8. The number of benzene rings is 1. The molecule has 0 bridgehead atoms. The molecule has 3 aliphatic rings. The van der Waals surface area contributed by atoms with Crippen molar-refractivity contribution in [2.75, 3.05) is 31.5 Å². The maximum absolute atomic E-state index is 13.6. The van der Waals surface area contributed by atoms with Gasteiger partial charge in [-0.05, 0) is 56.2 Å². The van der Waals surface area contributed by atoms with Crippen molar-refractivity contribution in [3.63, 3.8) is 0 Å². The van der Waals surface area contributed by atoms with Crippen LogP contribution in [-0.2, 0) is 19.0 Å². The minimum atomic E-state index is -4.61. The Balaban J connectivity index is 1.04. The van der Waals surface area contributed by atoms with Gasteiger partial charge in [0.25, 0.3) is 11.8 Å². The zero-order chi connectivity index (χ0) is 31.9. The number of hydrogen-bond acceptors (Lipinski definition) is 6. The summed E-state index contributed by atoms with van der Waals surface area (Å²) in [6, 6.07) is 4.54. The quantitative estimate of drug-likeness (QED) is 0.251. The Morgan fingerprint density at radius 2 is 1.80 bits per heavy atom. The van der Waals surface area contributed by atoms with Crippen LogP contribution in [0.2, 0.25) is 5.02 Å². The molecule has 2 aliphatic carbocycles. The SMILES string of the molecule is NC1CC(NC(=O)N2CCN(C(=O)c3ccc(NC(=O)c4ncc(Cc5c(C(F)(F)F)n[nH]c5CC5CC5)[nH]4)cc3Cl)CC2)C1. The van der Waals surface area contributed by atoms with Crippen molar-refractivity contribution in [1.29, 1.82) is 0 Å². The number of imidazole rings is 1. The topological polar surface area (TPSA) is 165 Å². The molecule has 0 radical (unpaired) electrons. The van der Waals surface area contributed by atoms with Crippen LogP contribution in [0, 0.1) is 5.92 Å². The molecule has 1 saturated heterocycles. The Kier molecular flexibility index (Phi) is 8.48. The van der Waals surface area contributed by atoms with Gasteiger partial charge in [-0.2, -0.15) is 18.3 Å². The molecule has 1 aliphatic heterocycles. The first kappa shape index (κ1) is 30.9. The van der Waals surface area contributed by atoms with E-state index in [1.54, 1.807) is 9.80 Å². The van der Waals surface area contributed by atoms with Gasteiger partial charge in [0.1, 0.15) is 0 Å². The molecule has 0 atom stereocenters. The smallest absolute Gasteiger partial charge is 0.337 e. The van der Waals surface area contributed by atoms with E-state index < -0.39 is 17.8 Å². The van der Waals surface area contributed by atoms with Crippen LogP contribution in [-0.4, -0.2) is 86.1 Å². The second kappa shape index (κ2) is 12.4. The molecule has 45 heavy (non-hydrogen) atoms. The van der Waals surface area contributed by atoms with Gasteiger partial charge in [-0.3, -0.25) is 14.7 Å². The molecular weight excluding hydrogens is 615 g/mol. The number of aromatic nitrogens is 4. The maximum Gasteiger partial charge on any atom is 0.435 e. The average Bonchev–Trinajstić information content (AvgIpc) is 3.51. The minimum Gasteiger partial charge on any atom is -0.337 e. The first-order valence-corrected chi connectivity index (χ1v) is 15.2. The van der Waals surface area contributed by atoms with Gasteiger partial charge in [0, 0.05) is 73.5 Å². The number of hydrogen-bond donors (Lipinski definition) is 5. The number of piperazine rings is 1. The van der Waals surface area contributed by atoms with Crippen LogP contribution in [0.3, 0.4) is 0 Å². The summed E-state index contributed by atoms with van der Waals surface area (Å²) in [5.74, 6) is -0.667. The number of alkyl halides is 3. The van der Waals surface area contributed by atoms with Crippen LogP contribution in [0.4, 0.5) is 23.7 Å². The highest BCUT2D eigenvalue weighted by Gasteiger charge is 2.39. The summed E-state index contributed by atoms with van der Waals surface area (Å²) in [6.45, 7) is 1.45. The molecule has 3 aromatic rings. The van der Waals surface area contributed by atoms with E-state index in [0.29, 0.717) is 55.6 Å². The monoisotopic (exact) mass is 647 g/mol. The summed E-state index contributed by atoms with van der Waals surface area (Å²) < 4.78 is 40.8. The molecule has 2 aromatic heterocycles. The van der Waals surface area contributed by atoms with Crippen LogP contribution < -0.4 is 16.4 Å². The largest absolute Gasteiger partial charge is 0.435 e. The lowest BCUT2D eigenvalue weighted by Crippen LogP contribution is -2.57. The molecule has 6 rings (SSSR count). The van der Waals surface area contributed by atoms with E-state index in [9.17, 15) is 27.6 Å². The van der Waals surface area contributed by atoms with Gasteiger partial charge in [0.2, 0.25) is 0 Å². The number of amides is 4. The Bertz CT molecular complexity index is 1590. The standard InChI is InChI=1S/C29H33ClF3N9O3/c30-22-13-17(3-4-20(22)27(44)41-5-7-42(8-6-41)28(45)38-18-10-16(34)11-18)37-26(43)25-35-14-19(36-25)12-21-23(9-15-1-2-15)39-40-24(21)29(31,32)33/h3-4,13-16,18H,1-2,5-12,34H2,(H,35,36)(H,37,43)(H,38,45)(H,39,40). The molecule has 16 heteroatoms. The van der Waals surface area contributed by atoms with Crippen molar-refractivity contribution in [2.24, 2.45) is 11.7 Å². The number of aromatic amines is 2. The average molecular weight is 648 g/mol. The molecule has 4 amide bonds. The highest BCUT2D eigenvalue weighted by molar-refractivity contribution is 6.34. The normalized spacial score (nSPS) is 20.1. The fourth-order valence-corrected chi connectivity index (χ4v) is 5.91. The van der Waals surface area contributed by atoms with Gasteiger partial charge in [0.05, 0.1) is 10.6 Å². The Hall–Kier alpha value is -4.11. The lowest BCUT2D eigenvalue weighted by atomic mass is 9.88. The molecule has 3 fully saturated rings. The highest BCUT2D eigenvalue weighted by Crippen LogP contribution is 2.37. The summed E-state index contributed by atoms with van der Waals surface area (Å²) in [5.41, 5.74) is 6.17. The number of carbonyl (C=O) groups excluding carboxylic acids is 3. The first-order chi connectivity index (χ1) is 21.4. The third kappa shape index (κ3) is 7.09. The molecule has 6 N–H and O–H groups in total. The number of urea groups is 1. The second-order valence-corrected chi connectivity index (χ2v) is 12.3. The van der Waals surface area contributed by atoms with Crippen LogP contribution in [0.15, 0.2) is 24.4 Å². The lowest BCUT2D eigenvalue weighted by molar-refractivity contribution is -0.141. The fraction of sp³-hybridized carbons (Fsp3) is 0.483. The predicted octanol–water partition coefficient (Wildman–Crippen LogP) is 3.56. The summed E-state index contributed by atoms with van der Waals surface area (Å²) in [5, 5.41) is 11.8. The van der Waals surface area contributed by atoms with Crippen molar-refractivity contribution in [2.45, 2.75) is 56.8 Å². The van der Waals surface area contributed by atoms with Crippen LogP contribution in [0.5, 0.6) is 0 Å². The summed E-state index contributed by atoms with van der Waals surface area (Å²) in [4.78, 5) is 48.7. The van der Waals surface area contributed by atoms with Gasteiger partial charge in [-0.1, -0.05) is 11.6 Å². The molecule has 240 valence electrons. The number of halogens is 4. The fourth-order valence-electron chi connectivity index (χ4n) is 5.65. The maximum atomic E-state index is 13.6. The molecule has 2 saturated carbocycles. The Labute approximate surface area is 261 Å². The number of H-pyrrole nitrogens is 2. The zero-order valence-corrected chi connectivity index (χ0v) is 25.0. The minimum absolute atomic E-state index is 0.0422. The number of nitrogens with two attached hydrogens (primary N) is 1. The Morgan fingerprint density at radius 1 is 1.09 bits per heavy atom.